The zero-order valence-electron chi connectivity index (χ0n) is 23.0. The molecule has 0 bridgehead atoms. The van der Waals surface area contributed by atoms with E-state index in [0.29, 0.717) is 19.4 Å². The van der Waals surface area contributed by atoms with Crippen LogP contribution in [0.4, 0.5) is 0 Å². The number of carbonyl (C=O) groups excluding carboxylic acids is 2. The molecule has 0 saturated carbocycles. The summed E-state index contributed by atoms with van der Waals surface area (Å²) in [7, 11) is 2.29. The number of nitrogens with zero attached hydrogens (tertiary/aromatic N) is 2. The maximum absolute atomic E-state index is 12.6. The molecule has 1 unspecified atom stereocenters. The second-order valence-corrected chi connectivity index (χ2v) is 11.4. The fourth-order valence-corrected chi connectivity index (χ4v) is 5.76. The lowest BCUT2D eigenvalue weighted by atomic mass is 10.0. The molecule has 2 rings (SSSR count). The van der Waals surface area contributed by atoms with Crippen LogP contribution in [0.2, 0.25) is 0 Å². The fraction of sp³-hybridized carbons (Fsp3) is 0.931. The molecular formula is C29H55IN2O3. The van der Waals surface area contributed by atoms with Crippen molar-refractivity contribution < 1.29 is 42.8 Å². The van der Waals surface area contributed by atoms with Crippen molar-refractivity contribution in [1.29, 1.82) is 0 Å². The molecule has 0 radical (unpaired) electrons. The summed E-state index contributed by atoms with van der Waals surface area (Å²) in [5, 5.41) is 0. The Morgan fingerprint density at radius 1 is 0.857 bits per heavy atom. The lowest BCUT2D eigenvalue weighted by Crippen LogP contribution is -3.00. The summed E-state index contributed by atoms with van der Waals surface area (Å²) < 4.78 is 6.96. The van der Waals surface area contributed by atoms with Gasteiger partial charge in [0.1, 0.15) is 6.54 Å². The van der Waals surface area contributed by atoms with Gasteiger partial charge in [0.15, 0.2) is 6.10 Å². The molecule has 2 fully saturated rings. The highest BCUT2D eigenvalue weighted by Gasteiger charge is 2.33. The normalized spacial score (nSPS) is 18.3. The van der Waals surface area contributed by atoms with Crippen molar-refractivity contribution in [3.05, 3.63) is 0 Å². The third-order valence-electron chi connectivity index (χ3n) is 7.92. The molecule has 5 nitrogen and oxygen atoms in total. The third-order valence-corrected chi connectivity index (χ3v) is 7.92. The van der Waals surface area contributed by atoms with Gasteiger partial charge in [0.05, 0.1) is 26.7 Å². The van der Waals surface area contributed by atoms with E-state index in [4.69, 9.17) is 4.74 Å². The summed E-state index contributed by atoms with van der Waals surface area (Å²) in [5.41, 5.74) is 0. The summed E-state index contributed by atoms with van der Waals surface area (Å²) in [6.07, 6.45) is 22.7. The van der Waals surface area contributed by atoms with Crippen molar-refractivity contribution in [1.82, 2.24) is 4.90 Å². The number of piperidine rings is 1. The molecular weight excluding hydrogens is 551 g/mol. The summed E-state index contributed by atoms with van der Waals surface area (Å²) in [4.78, 5) is 26.7. The van der Waals surface area contributed by atoms with Crippen molar-refractivity contribution in [2.45, 2.75) is 135 Å². The first kappa shape index (κ1) is 32.7. The highest BCUT2D eigenvalue weighted by molar-refractivity contribution is 5.78. The van der Waals surface area contributed by atoms with Gasteiger partial charge in [-0.15, -0.1) is 0 Å². The number of ether oxygens (including phenoxy) is 1. The Morgan fingerprint density at radius 2 is 1.40 bits per heavy atom. The lowest BCUT2D eigenvalue weighted by Gasteiger charge is -2.40. The van der Waals surface area contributed by atoms with Crippen LogP contribution in [0, 0.1) is 0 Å². The van der Waals surface area contributed by atoms with Crippen LogP contribution in [-0.2, 0) is 14.3 Å². The Morgan fingerprint density at radius 3 is 1.91 bits per heavy atom. The minimum absolute atomic E-state index is 0. The number of hydrogen-bond acceptors (Lipinski definition) is 3. The largest absolute Gasteiger partial charge is 1.00 e. The summed E-state index contributed by atoms with van der Waals surface area (Å²) in [6.45, 7) is 6.82. The van der Waals surface area contributed by atoms with Gasteiger partial charge in [-0.05, 0) is 32.1 Å². The van der Waals surface area contributed by atoms with Crippen LogP contribution in [-0.4, -0.2) is 67.1 Å². The number of halogens is 1. The summed E-state index contributed by atoms with van der Waals surface area (Å²) >= 11 is 0. The molecule has 206 valence electrons. The molecule has 2 aliphatic rings. The summed E-state index contributed by atoms with van der Waals surface area (Å²) in [6, 6.07) is 0. The highest BCUT2D eigenvalue weighted by atomic mass is 127. The van der Waals surface area contributed by atoms with Crippen molar-refractivity contribution in [2.24, 2.45) is 0 Å². The molecule has 2 heterocycles. The second-order valence-electron chi connectivity index (χ2n) is 11.4. The topological polar surface area (TPSA) is 46.6 Å². The van der Waals surface area contributed by atoms with Crippen LogP contribution in [0.3, 0.4) is 0 Å². The van der Waals surface area contributed by atoms with E-state index in [1.54, 1.807) is 0 Å². The van der Waals surface area contributed by atoms with Gasteiger partial charge < -0.3 is 38.1 Å². The Labute approximate surface area is 233 Å². The van der Waals surface area contributed by atoms with Crippen LogP contribution in [0.15, 0.2) is 0 Å². The molecule has 0 aromatic carbocycles. The van der Waals surface area contributed by atoms with Crippen LogP contribution in [0.1, 0.15) is 129 Å². The minimum Gasteiger partial charge on any atom is -1.00 e. The van der Waals surface area contributed by atoms with Gasteiger partial charge >= 0.3 is 5.97 Å². The number of esters is 1. The molecule has 0 aromatic rings. The molecule has 0 aliphatic carbocycles. The minimum atomic E-state index is -0.167. The quantitative estimate of drug-likeness (QED) is 0.0977. The number of amides is 1. The first-order valence-corrected chi connectivity index (χ1v) is 14.8. The van der Waals surface area contributed by atoms with E-state index >= 15 is 0 Å². The SMILES string of the molecule is CCCCCCCCCCCCCCCC(=O)OC(CN1CCCC1=O)C[N+]1(C)CCCCC1.[I-]. The number of likely N-dealkylation sites (tertiary alicyclic amines) is 2. The van der Waals surface area contributed by atoms with Gasteiger partial charge in [-0.2, -0.15) is 0 Å². The van der Waals surface area contributed by atoms with Crippen LogP contribution in [0.5, 0.6) is 0 Å². The molecule has 1 atom stereocenters. The van der Waals surface area contributed by atoms with E-state index in [1.807, 2.05) is 4.90 Å². The van der Waals surface area contributed by atoms with Crippen LogP contribution < -0.4 is 24.0 Å². The lowest BCUT2D eigenvalue weighted by molar-refractivity contribution is -0.916. The standard InChI is InChI=1S/C29H55N2O3.HI/c1-3-4-5-6-7-8-9-10-11-12-13-14-16-21-29(33)34-27(25-30-22-19-20-28(30)32)26-31(2)23-17-15-18-24-31;/h27H,3-26H2,1-2H3;1H/q+1;/p-1. The van der Waals surface area contributed by atoms with Gasteiger partial charge in [0.25, 0.3) is 0 Å². The Bertz CT molecular complexity index is 566. The first-order valence-electron chi connectivity index (χ1n) is 14.8. The molecule has 0 spiro atoms. The fourth-order valence-electron chi connectivity index (χ4n) is 5.76. The van der Waals surface area contributed by atoms with Gasteiger partial charge in [0, 0.05) is 19.4 Å². The molecule has 2 aliphatic heterocycles. The monoisotopic (exact) mass is 606 g/mol. The summed E-state index contributed by atoms with van der Waals surface area (Å²) in [5.74, 6) is 0.155. The van der Waals surface area contributed by atoms with E-state index in [1.165, 1.54) is 89.9 Å². The number of carbonyl (C=O) groups is 2. The zero-order valence-corrected chi connectivity index (χ0v) is 25.2. The van der Waals surface area contributed by atoms with E-state index in [2.05, 4.69) is 14.0 Å². The van der Waals surface area contributed by atoms with Crippen LogP contribution in [0.25, 0.3) is 0 Å². The molecule has 1 amide bonds. The maximum atomic E-state index is 12.6. The second kappa shape index (κ2) is 19.7. The Kier molecular flexibility index (Phi) is 18.4. The zero-order chi connectivity index (χ0) is 24.5. The predicted octanol–water partition coefficient (Wildman–Crippen LogP) is 3.64. The number of likely N-dealkylation sites (N-methyl/N-ethyl adjacent to an activating group) is 1. The van der Waals surface area contributed by atoms with Gasteiger partial charge in [0.2, 0.25) is 5.91 Å². The van der Waals surface area contributed by atoms with Gasteiger partial charge in [-0.1, -0.05) is 84.0 Å². The number of hydrogen-bond donors (Lipinski definition) is 0. The van der Waals surface area contributed by atoms with E-state index in [0.717, 1.165) is 49.9 Å². The van der Waals surface area contributed by atoms with E-state index in [-0.39, 0.29) is 42.0 Å². The van der Waals surface area contributed by atoms with Crippen molar-refractivity contribution in [2.75, 3.05) is 39.8 Å². The van der Waals surface area contributed by atoms with Crippen molar-refractivity contribution in [3.63, 3.8) is 0 Å². The number of unbranched alkanes of at least 4 members (excludes halogenated alkanes) is 12. The molecule has 0 N–H and O–H groups in total. The first-order chi connectivity index (χ1) is 16.5. The predicted molar refractivity (Wildman–Crippen MR) is 141 cm³/mol. The van der Waals surface area contributed by atoms with E-state index in [9.17, 15) is 9.59 Å². The third kappa shape index (κ3) is 14.8. The van der Waals surface area contributed by atoms with Crippen molar-refractivity contribution >= 4 is 11.9 Å². The molecule has 35 heavy (non-hydrogen) atoms. The van der Waals surface area contributed by atoms with Gasteiger partial charge in [-0.25, -0.2) is 0 Å². The maximum Gasteiger partial charge on any atom is 0.306 e. The Balaban J connectivity index is 0.00000612. The van der Waals surface area contributed by atoms with E-state index < -0.39 is 0 Å². The Hall–Kier alpha value is -0.370. The molecule has 0 aromatic heterocycles. The van der Waals surface area contributed by atoms with Crippen molar-refractivity contribution in [3.8, 4) is 0 Å². The smallest absolute Gasteiger partial charge is 0.306 e. The number of quaternary nitrogens is 1. The molecule has 6 heteroatoms. The average molecular weight is 607 g/mol. The highest BCUT2D eigenvalue weighted by Crippen LogP contribution is 2.20. The van der Waals surface area contributed by atoms with Gasteiger partial charge in [-0.3, -0.25) is 9.59 Å². The van der Waals surface area contributed by atoms with Crippen LogP contribution >= 0.6 is 0 Å². The number of rotatable bonds is 19. The average Bonchev–Trinajstić information content (AvgIpc) is 3.21. The molecule has 2 saturated heterocycles.